The minimum atomic E-state index is -3.69. The van der Waals surface area contributed by atoms with Gasteiger partial charge in [0.15, 0.2) is 5.82 Å². The van der Waals surface area contributed by atoms with Crippen LogP contribution >= 0.6 is 0 Å². The molecule has 0 aliphatic rings. The first-order valence-corrected chi connectivity index (χ1v) is 9.69. The highest BCUT2D eigenvalue weighted by molar-refractivity contribution is 7.89. The van der Waals surface area contributed by atoms with Gasteiger partial charge in [-0.3, -0.25) is 10.1 Å². The summed E-state index contributed by atoms with van der Waals surface area (Å²) in [5.41, 5.74) is 3.28. The van der Waals surface area contributed by atoms with Crippen LogP contribution in [0.1, 0.15) is 35.5 Å². The van der Waals surface area contributed by atoms with Crippen molar-refractivity contribution in [1.82, 2.24) is 24.9 Å². The zero-order chi connectivity index (χ0) is 18.9. The van der Waals surface area contributed by atoms with Crippen LogP contribution in [0.4, 0.5) is 0 Å². The second-order valence-corrected chi connectivity index (χ2v) is 8.00. The lowest BCUT2D eigenvalue weighted by Crippen LogP contribution is -2.28. The molecule has 2 heterocycles. The van der Waals surface area contributed by atoms with Gasteiger partial charge in [-0.25, -0.2) is 18.1 Å². The molecule has 0 amide bonds. The molecule has 136 valence electrons. The van der Waals surface area contributed by atoms with Crippen LogP contribution in [0.5, 0.6) is 0 Å². The second-order valence-electron chi connectivity index (χ2n) is 6.35. The molecule has 3 rings (SSSR count). The van der Waals surface area contributed by atoms with E-state index in [0.29, 0.717) is 16.5 Å². The topological polar surface area (TPSA) is 101 Å². The maximum absolute atomic E-state index is 12.9. The van der Waals surface area contributed by atoms with Crippen LogP contribution in [-0.2, 0) is 10.0 Å². The number of benzene rings is 1. The number of H-pyrrole nitrogens is 1. The highest BCUT2D eigenvalue weighted by Gasteiger charge is 2.24. The van der Waals surface area contributed by atoms with E-state index >= 15 is 0 Å². The molecule has 1 atom stereocenters. The van der Waals surface area contributed by atoms with Crippen LogP contribution in [0, 0.1) is 20.8 Å². The molecule has 0 bridgehead atoms. The van der Waals surface area contributed by atoms with Crippen molar-refractivity contribution in [2.24, 2.45) is 0 Å². The molecule has 8 heteroatoms. The number of rotatable bonds is 5. The highest BCUT2D eigenvalue weighted by atomic mass is 32.2. The van der Waals surface area contributed by atoms with E-state index in [-0.39, 0.29) is 0 Å². The van der Waals surface area contributed by atoms with Gasteiger partial charge in [-0.2, -0.15) is 5.10 Å². The van der Waals surface area contributed by atoms with E-state index in [1.165, 1.54) is 0 Å². The smallest absolute Gasteiger partial charge is 0.241 e. The molecule has 0 aliphatic carbocycles. The normalized spacial score (nSPS) is 12.9. The van der Waals surface area contributed by atoms with E-state index in [4.69, 9.17) is 0 Å². The average Bonchev–Trinajstić information content (AvgIpc) is 3.04. The number of aromatic amines is 1. The molecule has 26 heavy (non-hydrogen) atoms. The van der Waals surface area contributed by atoms with Crippen LogP contribution in [0.2, 0.25) is 0 Å². The third kappa shape index (κ3) is 3.66. The zero-order valence-corrected chi connectivity index (χ0v) is 15.9. The maximum Gasteiger partial charge on any atom is 0.241 e. The van der Waals surface area contributed by atoms with Crippen molar-refractivity contribution in [3.8, 4) is 11.4 Å². The predicted octanol–water partition coefficient (Wildman–Crippen LogP) is 2.83. The summed E-state index contributed by atoms with van der Waals surface area (Å²) >= 11 is 0. The van der Waals surface area contributed by atoms with E-state index in [1.807, 2.05) is 19.1 Å². The standard InChI is InChI=1S/C18H21N5O2S/c1-11-9-12(2)16(13(3)10-11)26(24,25)23-14(4)17-20-18(22-21-17)15-5-7-19-8-6-15/h5-10,14,23H,1-4H3,(H,20,21,22). The largest absolute Gasteiger partial charge is 0.265 e. The van der Waals surface area contributed by atoms with Gasteiger partial charge in [-0.1, -0.05) is 17.7 Å². The molecule has 1 aromatic carbocycles. The third-order valence-corrected chi connectivity index (χ3v) is 5.90. The molecular weight excluding hydrogens is 350 g/mol. The fraction of sp³-hybridized carbons (Fsp3) is 0.278. The first-order valence-electron chi connectivity index (χ1n) is 8.21. The lowest BCUT2D eigenvalue weighted by Gasteiger charge is -2.16. The highest BCUT2D eigenvalue weighted by Crippen LogP contribution is 2.24. The first kappa shape index (κ1) is 18.2. The molecule has 3 aromatic rings. The van der Waals surface area contributed by atoms with Gasteiger partial charge in [0, 0.05) is 18.0 Å². The number of aromatic nitrogens is 4. The van der Waals surface area contributed by atoms with E-state index in [0.717, 1.165) is 22.3 Å². The Morgan fingerprint density at radius 1 is 1.08 bits per heavy atom. The van der Waals surface area contributed by atoms with Crippen molar-refractivity contribution in [3.63, 3.8) is 0 Å². The first-order chi connectivity index (χ1) is 12.3. The third-order valence-electron chi connectivity index (χ3n) is 4.06. The summed E-state index contributed by atoms with van der Waals surface area (Å²) in [7, 11) is -3.69. The van der Waals surface area contributed by atoms with Gasteiger partial charge < -0.3 is 0 Å². The number of sulfonamides is 1. The predicted molar refractivity (Wildman–Crippen MR) is 99.0 cm³/mol. The molecule has 1 unspecified atom stereocenters. The Labute approximate surface area is 153 Å². The summed E-state index contributed by atoms with van der Waals surface area (Å²) in [5, 5.41) is 6.97. The summed E-state index contributed by atoms with van der Waals surface area (Å²) in [6, 6.07) is 6.76. The second kappa shape index (κ2) is 6.97. The number of nitrogens with zero attached hydrogens (tertiary/aromatic N) is 3. The molecule has 0 spiro atoms. The summed E-state index contributed by atoms with van der Waals surface area (Å²) in [6.45, 7) is 7.28. The van der Waals surface area contributed by atoms with Gasteiger partial charge in [-0.05, 0) is 51.0 Å². The van der Waals surface area contributed by atoms with Crippen molar-refractivity contribution >= 4 is 10.0 Å². The number of nitrogens with one attached hydrogen (secondary N) is 2. The SMILES string of the molecule is Cc1cc(C)c(S(=O)(=O)NC(C)c2nc(-c3ccncc3)n[nH]2)c(C)c1. The van der Waals surface area contributed by atoms with Crippen LogP contribution in [-0.4, -0.2) is 28.6 Å². The van der Waals surface area contributed by atoms with Gasteiger partial charge in [-0.15, -0.1) is 0 Å². The lowest BCUT2D eigenvalue weighted by molar-refractivity contribution is 0.559. The summed E-state index contributed by atoms with van der Waals surface area (Å²) in [6.07, 6.45) is 3.31. The van der Waals surface area contributed by atoms with E-state index in [2.05, 4.69) is 24.9 Å². The summed E-state index contributed by atoms with van der Waals surface area (Å²) in [4.78, 5) is 8.66. The van der Waals surface area contributed by atoms with Crippen LogP contribution in [0.15, 0.2) is 41.6 Å². The Morgan fingerprint density at radius 3 is 2.31 bits per heavy atom. The van der Waals surface area contributed by atoms with E-state index < -0.39 is 16.1 Å². The Kier molecular flexibility index (Phi) is 4.88. The quantitative estimate of drug-likeness (QED) is 0.718. The van der Waals surface area contributed by atoms with Gasteiger partial charge in [0.1, 0.15) is 5.82 Å². The molecule has 2 N–H and O–H groups in total. The molecule has 0 saturated carbocycles. The van der Waals surface area contributed by atoms with Crippen molar-refractivity contribution < 1.29 is 8.42 Å². The molecular formula is C18H21N5O2S. The molecule has 7 nitrogen and oxygen atoms in total. The van der Waals surface area contributed by atoms with E-state index in [1.54, 1.807) is 45.3 Å². The average molecular weight is 371 g/mol. The summed E-state index contributed by atoms with van der Waals surface area (Å²) in [5.74, 6) is 0.943. The zero-order valence-electron chi connectivity index (χ0n) is 15.1. The van der Waals surface area contributed by atoms with Gasteiger partial charge in [0.2, 0.25) is 10.0 Å². The molecule has 0 aliphatic heterocycles. The molecule has 0 saturated heterocycles. The number of hydrogen-bond donors (Lipinski definition) is 2. The summed E-state index contributed by atoms with van der Waals surface area (Å²) < 4.78 is 28.4. The molecule has 0 fully saturated rings. The van der Waals surface area contributed by atoms with Crippen molar-refractivity contribution in [1.29, 1.82) is 0 Å². The minimum Gasteiger partial charge on any atom is -0.265 e. The molecule has 0 radical (unpaired) electrons. The number of pyridine rings is 1. The maximum atomic E-state index is 12.9. The van der Waals surface area contributed by atoms with Crippen LogP contribution < -0.4 is 4.72 Å². The molecule has 2 aromatic heterocycles. The van der Waals surface area contributed by atoms with Crippen LogP contribution in [0.3, 0.4) is 0 Å². The fourth-order valence-corrected chi connectivity index (χ4v) is 4.70. The van der Waals surface area contributed by atoms with Crippen molar-refractivity contribution in [3.05, 3.63) is 59.2 Å². The minimum absolute atomic E-state index is 0.309. The van der Waals surface area contributed by atoms with Crippen molar-refractivity contribution in [2.45, 2.75) is 38.6 Å². The Morgan fingerprint density at radius 2 is 1.69 bits per heavy atom. The van der Waals surface area contributed by atoms with Gasteiger partial charge >= 0.3 is 0 Å². The Hall–Kier alpha value is -2.58. The number of hydrogen-bond acceptors (Lipinski definition) is 5. The Bertz CT molecular complexity index is 1010. The number of aryl methyl sites for hydroxylation is 3. The van der Waals surface area contributed by atoms with Crippen molar-refractivity contribution in [2.75, 3.05) is 0 Å². The monoisotopic (exact) mass is 371 g/mol. The van der Waals surface area contributed by atoms with Crippen LogP contribution in [0.25, 0.3) is 11.4 Å². The van der Waals surface area contributed by atoms with E-state index in [9.17, 15) is 8.42 Å². The Balaban J connectivity index is 1.86. The van der Waals surface area contributed by atoms with Gasteiger partial charge in [0.25, 0.3) is 0 Å². The fourth-order valence-electron chi connectivity index (χ4n) is 3.04. The lowest BCUT2D eigenvalue weighted by atomic mass is 10.1. The van der Waals surface area contributed by atoms with Gasteiger partial charge in [0.05, 0.1) is 10.9 Å².